The second-order valence-electron chi connectivity index (χ2n) is 9.87. The third-order valence-electron chi connectivity index (χ3n) is 7.15. The van der Waals surface area contributed by atoms with Crippen molar-refractivity contribution in [1.82, 2.24) is 20.9 Å². The van der Waals surface area contributed by atoms with Gasteiger partial charge < -0.3 is 30.7 Å². The first-order valence-corrected chi connectivity index (χ1v) is 13.8. The molecule has 0 aromatic heterocycles. The number of likely N-dealkylation sites (tertiary alicyclic amines) is 1. The van der Waals surface area contributed by atoms with Crippen molar-refractivity contribution in [3.8, 4) is 0 Å². The number of carboxylic acid groups (broad SMARTS) is 1. The summed E-state index contributed by atoms with van der Waals surface area (Å²) in [7, 11) is 2.00. The Morgan fingerprint density at radius 2 is 2.06 bits per heavy atom. The number of amides is 1. The van der Waals surface area contributed by atoms with Crippen molar-refractivity contribution in [2.75, 3.05) is 39.8 Å². The number of rotatable bonds is 11. The number of likely N-dealkylation sites (N-methyl/N-ethyl adjacent to an activating group) is 1. The van der Waals surface area contributed by atoms with Crippen LogP contribution in [0.1, 0.15) is 63.0 Å². The smallest absolute Gasteiger partial charge is 0.404 e. The van der Waals surface area contributed by atoms with E-state index in [1.165, 1.54) is 32.1 Å². The van der Waals surface area contributed by atoms with Gasteiger partial charge in [-0.1, -0.05) is 55.8 Å². The molecule has 35 heavy (non-hydrogen) atoms. The van der Waals surface area contributed by atoms with Crippen LogP contribution < -0.4 is 16.0 Å². The molecule has 1 saturated heterocycles. The van der Waals surface area contributed by atoms with Crippen molar-refractivity contribution in [3.63, 3.8) is 0 Å². The summed E-state index contributed by atoms with van der Waals surface area (Å²) in [5.74, 6) is 1.01. The second kappa shape index (κ2) is 14.8. The maximum Gasteiger partial charge on any atom is 0.404 e. The summed E-state index contributed by atoms with van der Waals surface area (Å²) in [5, 5.41) is 19.7. The van der Waals surface area contributed by atoms with Crippen LogP contribution in [0.2, 0.25) is 5.02 Å². The molecule has 4 N–H and O–H groups in total. The zero-order valence-electron chi connectivity index (χ0n) is 20.8. The summed E-state index contributed by atoms with van der Waals surface area (Å²) in [4.78, 5) is 13.1. The van der Waals surface area contributed by atoms with E-state index >= 15 is 0 Å². The molecule has 2 aliphatic rings. The average Bonchev–Trinajstić information content (AvgIpc) is 2.84. The molecule has 3 atom stereocenters. The summed E-state index contributed by atoms with van der Waals surface area (Å²) in [6, 6.07) is 8.10. The van der Waals surface area contributed by atoms with E-state index in [-0.39, 0.29) is 18.6 Å². The number of ether oxygens (including phenoxy) is 1. The Bertz CT molecular complexity index is 809. The van der Waals surface area contributed by atoms with Crippen molar-refractivity contribution in [2.24, 2.45) is 11.8 Å². The number of nitrogens with zero attached hydrogens (tertiary/aromatic N) is 1. The molecule has 0 spiro atoms. The molecule has 2 fully saturated rings. The fourth-order valence-electron chi connectivity index (χ4n) is 5.50. The zero-order valence-corrected chi connectivity index (χ0v) is 22.4. The Morgan fingerprint density at radius 1 is 1.26 bits per heavy atom. The molecule has 1 aliphatic heterocycles. The summed E-state index contributed by atoms with van der Waals surface area (Å²) >= 11 is 12.2. The molecular formula is C26H41ClN4O3S. The predicted molar refractivity (Wildman–Crippen MR) is 145 cm³/mol. The number of carbonyl (C=O) groups is 1. The first-order chi connectivity index (χ1) is 17.0. The van der Waals surface area contributed by atoms with Crippen LogP contribution >= 0.6 is 23.8 Å². The largest absolute Gasteiger partial charge is 0.465 e. The molecule has 9 heteroatoms. The zero-order chi connectivity index (χ0) is 25.0. The van der Waals surface area contributed by atoms with E-state index in [1.54, 1.807) is 0 Å². The number of hydrogen-bond donors (Lipinski definition) is 4. The highest BCUT2D eigenvalue weighted by atomic mass is 35.5. The molecular weight excluding hydrogens is 484 g/mol. The minimum absolute atomic E-state index is 0.176. The van der Waals surface area contributed by atoms with Crippen LogP contribution in [0.5, 0.6) is 0 Å². The standard InChI is InChI=1S/C26H41ClN4O3S/c1-28-17-23(15-19-7-3-2-4-8-19)30-25(35)31-13-6-10-21(18-31)24(34-14-12-29-26(32)33)20-9-5-11-22(27)16-20/h5,9,11,16,19,21,23-24,28-29H,2-4,6-8,10,12-15,17-18H2,1H3,(H,30,35)(H,32,33). The summed E-state index contributed by atoms with van der Waals surface area (Å²) < 4.78 is 6.24. The van der Waals surface area contributed by atoms with E-state index in [4.69, 9.17) is 33.7 Å². The number of halogens is 1. The van der Waals surface area contributed by atoms with Crippen molar-refractivity contribution in [2.45, 2.75) is 63.5 Å². The van der Waals surface area contributed by atoms with Crippen LogP contribution in [0.3, 0.4) is 0 Å². The first kappa shape index (κ1) is 28.0. The van der Waals surface area contributed by atoms with Crippen LogP contribution in [-0.2, 0) is 4.74 Å². The summed E-state index contributed by atoms with van der Waals surface area (Å²) in [5.41, 5.74) is 1.02. The number of piperidine rings is 1. The molecule has 1 aromatic carbocycles. The third kappa shape index (κ3) is 9.41. The number of benzene rings is 1. The van der Waals surface area contributed by atoms with Gasteiger partial charge in [0.1, 0.15) is 0 Å². The molecule has 1 aromatic rings. The Labute approximate surface area is 220 Å². The first-order valence-electron chi connectivity index (χ1n) is 13.0. The van der Waals surface area contributed by atoms with Gasteiger partial charge in [0.05, 0.1) is 12.7 Å². The van der Waals surface area contributed by atoms with Gasteiger partial charge in [-0.3, -0.25) is 0 Å². The monoisotopic (exact) mass is 524 g/mol. The number of thiocarbonyl (C=S) groups is 1. The molecule has 1 heterocycles. The third-order valence-corrected chi connectivity index (χ3v) is 7.76. The van der Waals surface area contributed by atoms with Gasteiger partial charge in [0, 0.05) is 43.2 Å². The van der Waals surface area contributed by atoms with Gasteiger partial charge >= 0.3 is 6.09 Å². The second-order valence-corrected chi connectivity index (χ2v) is 10.7. The SMILES string of the molecule is CNCC(CC1CCCCC1)NC(=S)N1CCCC(C(OCCNC(=O)O)c2cccc(Cl)c2)C1. The van der Waals surface area contributed by atoms with Gasteiger partial charge in [-0.2, -0.15) is 0 Å². The van der Waals surface area contributed by atoms with E-state index in [0.717, 1.165) is 55.5 Å². The van der Waals surface area contributed by atoms with Gasteiger partial charge in [-0.25, -0.2) is 4.79 Å². The highest BCUT2D eigenvalue weighted by molar-refractivity contribution is 7.80. The maximum atomic E-state index is 10.8. The summed E-state index contributed by atoms with van der Waals surface area (Å²) in [6.45, 7) is 3.18. The van der Waals surface area contributed by atoms with Crippen molar-refractivity contribution >= 4 is 35.0 Å². The molecule has 0 radical (unpaired) electrons. The van der Waals surface area contributed by atoms with E-state index < -0.39 is 6.09 Å². The summed E-state index contributed by atoms with van der Waals surface area (Å²) in [6.07, 6.45) is 8.71. The topological polar surface area (TPSA) is 85.9 Å². The van der Waals surface area contributed by atoms with Crippen molar-refractivity contribution in [3.05, 3.63) is 34.9 Å². The molecule has 7 nitrogen and oxygen atoms in total. The molecule has 1 aliphatic carbocycles. The van der Waals surface area contributed by atoms with E-state index in [9.17, 15) is 4.79 Å². The molecule has 3 unspecified atom stereocenters. The maximum absolute atomic E-state index is 10.8. The van der Waals surface area contributed by atoms with Crippen molar-refractivity contribution in [1.29, 1.82) is 0 Å². The molecule has 0 bridgehead atoms. The fraction of sp³-hybridized carbons (Fsp3) is 0.692. The number of hydrogen-bond acceptors (Lipinski definition) is 4. The Hall–Kier alpha value is -1.61. The van der Waals surface area contributed by atoms with E-state index in [2.05, 4.69) is 20.9 Å². The highest BCUT2D eigenvalue weighted by Gasteiger charge is 2.31. The van der Waals surface area contributed by atoms with Crippen LogP contribution in [0.15, 0.2) is 24.3 Å². The van der Waals surface area contributed by atoms with Crippen LogP contribution in [0.4, 0.5) is 4.79 Å². The normalized spacial score (nSPS) is 20.7. The van der Waals surface area contributed by atoms with Gasteiger partial charge in [-0.15, -0.1) is 0 Å². The Kier molecular flexibility index (Phi) is 11.9. The van der Waals surface area contributed by atoms with Crippen LogP contribution in [-0.4, -0.2) is 67.1 Å². The van der Waals surface area contributed by atoms with Gasteiger partial charge in [0.2, 0.25) is 0 Å². The molecule has 1 saturated carbocycles. The predicted octanol–water partition coefficient (Wildman–Crippen LogP) is 4.81. The van der Waals surface area contributed by atoms with Crippen molar-refractivity contribution < 1.29 is 14.6 Å². The lowest BCUT2D eigenvalue weighted by molar-refractivity contribution is -0.00543. The quantitative estimate of drug-likeness (QED) is 0.244. The average molecular weight is 525 g/mol. The lowest BCUT2D eigenvalue weighted by atomic mass is 9.85. The molecule has 196 valence electrons. The van der Waals surface area contributed by atoms with E-state index in [1.807, 2.05) is 31.3 Å². The minimum Gasteiger partial charge on any atom is -0.465 e. The fourth-order valence-corrected chi connectivity index (χ4v) is 6.04. The number of nitrogens with one attached hydrogen (secondary N) is 3. The van der Waals surface area contributed by atoms with Crippen LogP contribution in [0, 0.1) is 11.8 Å². The van der Waals surface area contributed by atoms with Gasteiger partial charge in [0.25, 0.3) is 0 Å². The molecule has 3 rings (SSSR count). The molecule has 1 amide bonds. The van der Waals surface area contributed by atoms with E-state index in [0.29, 0.717) is 17.7 Å². The van der Waals surface area contributed by atoms with Crippen LogP contribution in [0.25, 0.3) is 0 Å². The highest BCUT2D eigenvalue weighted by Crippen LogP contribution is 2.34. The van der Waals surface area contributed by atoms with Gasteiger partial charge in [0.15, 0.2) is 5.11 Å². The Morgan fingerprint density at radius 3 is 2.77 bits per heavy atom. The minimum atomic E-state index is -1.04. The lowest BCUT2D eigenvalue weighted by Crippen LogP contribution is -2.51. The van der Waals surface area contributed by atoms with Gasteiger partial charge in [-0.05, 0) is 62.1 Å². The lowest BCUT2D eigenvalue weighted by Gasteiger charge is -2.39. The Balaban J connectivity index is 1.62.